The van der Waals surface area contributed by atoms with Gasteiger partial charge in [0.05, 0.1) is 5.56 Å². The van der Waals surface area contributed by atoms with Crippen molar-refractivity contribution in [1.29, 1.82) is 0 Å². The summed E-state index contributed by atoms with van der Waals surface area (Å²) in [6.45, 7) is 2.07. The number of nitrogens with zero attached hydrogens (tertiary/aromatic N) is 2. The lowest BCUT2D eigenvalue weighted by Crippen LogP contribution is -1.97. The van der Waals surface area contributed by atoms with Crippen LogP contribution in [0.5, 0.6) is 0 Å². The quantitative estimate of drug-likeness (QED) is 0.766. The van der Waals surface area contributed by atoms with E-state index in [0.717, 1.165) is 22.4 Å². The predicted molar refractivity (Wildman–Crippen MR) is 88.2 cm³/mol. The summed E-state index contributed by atoms with van der Waals surface area (Å²) in [6.07, 6.45) is 0. The molecule has 0 unspecified atom stereocenters. The van der Waals surface area contributed by atoms with Crippen LogP contribution in [0, 0.1) is 6.92 Å². The Kier molecular flexibility index (Phi) is 3.43. The molecule has 0 fully saturated rings. The van der Waals surface area contributed by atoms with Crippen molar-refractivity contribution in [3.05, 3.63) is 59.1 Å². The number of hydrogen-bond donors (Lipinski definition) is 1. The van der Waals surface area contributed by atoms with Crippen molar-refractivity contribution in [2.24, 2.45) is 7.05 Å². The highest BCUT2D eigenvalue weighted by Gasteiger charge is 2.18. The van der Waals surface area contributed by atoms with Gasteiger partial charge in [0.1, 0.15) is 11.5 Å². The van der Waals surface area contributed by atoms with Gasteiger partial charge in [-0.25, -0.2) is 0 Å². The zero-order valence-corrected chi connectivity index (χ0v) is 12.7. The van der Waals surface area contributed by atoms with E-state index in [2.05, 4.69) is 24.2 Å². The van der Waals surface area contributed by atoms with Crippen LogP contribution in [0.2, 0.25) is 5.02 Å². The van der Waals surface area contributed by atoms with E-state index in [1.807, 2.05) is 43.4 Å². The molecule has 106 valence electrons. The maximum absolute atomic E-state index is 6.23. The highest BCUT2D eigenvalue weighted by molar-refractivity contribution is 6.30. The van der Waals surface area contributed by atoms with Crippen molar-refractivity contribution in [2.45, 2.75) is 6.92 Å². The fraction of sp³-hybridized carbons (Fsp3) is 0.118. The summed E-state index contributed by atoms with van der Waals surface area (Å²) in [5.74, 6) is 0.635. The van der Waals surface area contributed by atoms with Crippen molar-refractivity contribution in [1.82, 2.24) is 9.78 Å². The van der Waals surface area contributed by atoms with Crippen LogP contribution < -0.4 is 5.73 Å². The van der Waals surface area contributed by atoms with Crippen molar-refractivity contribution in [3.63, 3.8) is 0 Å². The molecule has 0 atom stereocenters. The minimum absolute atomic E-state index is 0.635. The van der Waals surface area contributed by atoms with E-state index < -0.39 is 0 Å². The Hall–Kier alpha value is -2.26. The molecular formula is C17H16ClN3. The number of hydrogen-bond acceptors (Lipinski definition) is 2. The Bertz CT molecular complexity index is 806. The van der Waals surface area contributed by atoms with Crippen LogP contribution in [0.15, 0.2) is 48.5 Å². The zero-order chi connectivity index (χ0) is 15.0. The molecule has 21 heavy (non-hydrogen) atoms. The second kappa shape index (κ2) is 5.26. The van der Waals surface area contributed by atoms with E-state index in [1.54, 1.807) is 4.68 Å². The van der Waals surface area contributed by atoms with Gasteiger partial charge in [0, 0.05) is 17.6 Å². The van der Waals surface area contributed by atoms with Crippen molar-refractivity contribution >= 4 is 17.4 Å². The van der Waals surface area contributed by atoms with Crippen LogP contribution in [-0.2, 0) is 7.05 Å². The van der Waals surface area contributed by atoms with Crippen LogP contribution >= 0.6 is 11.6 Å². The Morgan fingerprint density at radius 3 is 2.57 bits per heavy atom. The predicted octanol–water partition coefficient (Wildman–Crippen LogP) is 4.30. The molecule has 2 aromatic carbocycles. The highest BCUT2D eigenvalue weighted by Crippen LogP contribution is 2.37. The van der Waals surface area contributed by atoms with E-state index in [9.17, 15) is 0 Å². The lowest BCUT2D eigenvalue weighted by Gasteiger charge is -2.07. The van der Waals surface area contributed by atoms with Gasteiger partial charge in [0.2, 0.25) is 0 Å². The maximum Gasteiger partial charge on any atom is 0.129 e. The fourth-order valence-electron chi connectivity index (χ4n) is 2.49. The average molecular weight is 298 g/mol. The maximum atomic E-state index is 6.23. The van der Waals surface area contributed by atoms with Crippen molar-refractivity contribution in [2.75, 3.05) is 5.73 Å². The van der Waals surface area contributed by atoms with Gasteiger partial charge in [0.25, 0.3) is 0 Å². The number of halogens is 1. The summed E-state index contributed by atoms with van der Waals surface area (Å²) >= 11 is 6.12. The first-order valence-electron chi connectivity index (χ1n) is 6.72. The molecule has 1 aromatic heterocycles. The molecule has 0 spiro atoms. The molecule has 0 aliphatic heterocycles. The number of anilines is 1. The monoisotopic (exact) mass is 297 g/mol. The number of rotatable bonds is 2. The molecule has 0 saturated heterocycles. The first-order valence-corrected chi connectivity index (χ1v) is 7.10. The largest absolute Gasteiger partial charge is 0.383 e. The number of aromatic nitrogens is 2. The van der Waals surface area contributed by atoms with Gasteiger partial charge in [-0.3, -0.25) is 4.68 Å². The minimum atomic E-state index is 0.635. The molecule has 0 aliphatic carbocycles. The molecule has 4 heteroatoms. The first kappa shape index (κ1) is 13.7. The minimum Gasteiger partial charge on any atom is -0.383 e. The van der Waals surface area contributed by atoms with Gasteiger partial charge < -0.3 is 5.73 Å². The molecule has 3 rings (SSSR count). The Morgan fingerprint density at radius 1 is 1.10 bits per heavy atom. The summed E-state index contributed by atoms with van der Waals surface area (Å²) in [7, 11) is 1.85. The standard InChI is InChI=1S/C17H16ClN3/c1-11-6-3-4-9-14(11)16-15(17(19)21(2)20-16)12-7-5-8-13(18)10-12/h3-10H,19H2,1-2H3. The number of benzene rings is 2. The van der Waals surface area contributed by atoms with Crippen LogP contribution in [0.3, 0.4) is 0 Å². The highest BCUT2D eigenvalue weighted by atomic mass is 35.5. The summed E-state index contributed by atoms with van der Waals surface area (Å²) in [5, 5.41) is 5.28. The molecule has 0 amide bonds. The summed E-state index contributed by atoms with van der Waals surface area (Å²) in [5.41, 5.74) is 11.3. The Labute approximate surface area is 129 Å². The van der Waals surface area contributed by atoms with E-state index in [-0.39, 0.29) is 0 Å². The van der Waals surface area contributed by atoms with Gasteiger partial charge in [-0.15, -0.1) is 0 Å². The Balaban J connectivity index is 2.29. The van der Waals surface area contributed by atoms with Gasteiger partial charge in [-0.2, -0.15) is 5.10 Å². The van der Waals surface area contributed by atoms with E-state index in [0.29, 0.717) is 10.8 Å². The SMILES string of the molecule is Cc1ccccc1-c1nn(C)c(N)c1-c1cccc(Cl)c1. The van der Waals surface area contributed by atoms with Gasteiger partial charge >= 0.3 is 0 Å². The van der Waals surface area contributed by atoms with Crippen LogP contribution in [0.4, 0.5) is 5.82 Å². The van der Waals surface area contributed by atoms with Crippen LogP contribution in [0.25, 0.3) is 22.4 Å². The molecule has 3 aromatic rings. The third kappa shape index (κ3) is 2.41. The summed E-state index contributed by atoms with van der Waals surface area (Å²) < 4.78 is 1.71. The third-order valence-corrected chi connectivity index (χ3v) is 3.84. The van der Waals surface area contributed by atoms with E-state index in [4.69, 9.17) is 17.3 Å². The fourth-order valence-corrected chi connectivity index (χ4v) is 2.68. The normalized spacial score (nSPS) is 10.8. The molecule has 0 saturated carbocycles. The number of nitrogen functional groups attached to an aromatic ring is 1. The lowest BCUT2D eigenvalue weighted by atomic mass is 9.98. The molecule has 0 radical (unpaired) electrons. The van der Waals surface area contributed by atoms with Gasteiger partial charge in [0.15, 0.2) is 0 Å². The van der Waals surface area contributed by atoms with Crippen LogP contribution in [0.1, 0.15) is 5.56 Å². The summed E-state index contributed by atoms with van der Waals surface area (Å²) in [4.78, 5) is 0. The number of aryl methyl sites for hydroxylation is 2. The van der Waals surface area contributed by atoms with Crippen molar-refractivity contribution < 1.29 is 0 Å². The van der Waals surface area contributed by atoms with E-state index >= 15 is 0 Å². The lowest BCUT2D eigenvalue weighted by molar-refractivity contribution is 0.782. The second-order valence-electron chi connectivity index (χ2n) is 5.06. The molecule has 3 nitrogen and oxygen atoms in total. The molecule has 1 heterocycles. The van der Waals surface area contributed by atoms with Gasteiger partial charge in [-0.1, -0.05) is 48.0 Å². The number of nitrogens with two attached hydrogens (primary N) is 1. The van der Waals surface area contributed by atoms with E-state index in [1.165, 1.54) is 5.56 Å². The smallest absolute Gasteiger partial charge is 0.129 e. The topological polar surface area (TPSA) is 43.8 Å². The first-order chi connectivity index (χ1) is 10.1. The molecular weight excluding hydrogens is 282 g/mol. The zero-order valence-electron chi connectivity index (χ0n) is 12.0. The third-order valence-electron chi connectivity index (χ3n) is 3.61. The Morgan fingerprint density at radius 2 is 1.86 bits per heavy atom. The second-order valence-corrected chi connectivity index (χ2v) is 5.49. The molecule has 0 bridgehead atoms. The van der Waals surface area contributed by atoms with Gasteiger partial charge in [-0.05, 0) is 30.2 Å². The molecule has 2 N–H and O–H groups in total. The molecule has 0 aliphatic rings. The summed E-state index contributed by atoms with van der Waals surface area (Å²) in [6, 6.07) is 15.8. The average Bonchev–Trinajstić information content (AvgIpc) is 2.75. The van der Waals surface area contributed by atoms with Crippen LogP contribution in [-0.4, -0.2) is 9.78 Å². The van der Waals surface area contributed by atoms with Crippen molar-refractivity contribution in [3.8, 4) is 22.4 Å².